The first kappa shape index (κ1) is 16.2. The quantitative estimate of drug-likeness (QED) is 0.539. The van der Waals surface area contributed by atoms with Crippen LogP contribution in [0.25, 0.3) is 0 Å². The van der Waals surface area contributed by atoms with Crippen molar-refractivity contribution in [2.45, 2.75) is 12.8 Å². The number of quaternary nitrogens is 1. The molecule has 0 amide bonds. The number of hydrogen-bond acceptors (Lipinski definition) is 4. The number of carboxylic acids is 2. The Morgan fingerprint density at radius 3 is 1.30 bits per heavy atom. The molecule has 63 valence electrons. The molecule has 0 aliphatic carbocycles. The van der Waals surface area contributed by atoms with Crippen LogP contribution in [0.3, 0.4) is 0 Å². The van der Waals surface area contributed by atoms with Gasteiger partial charge in [-0.2, -0.15) is 0 Å². The van der Waals surface area contributed by atoms with Crippen molar-refractivity contribution in [3.8, 4) is 0 Å². The summed E-state index contributed by atoms with van der Waals surface area (Å²) in [7, 11) is 0. The zero-order valence-corrected chi connectivity index (χ0v) is 6.42. The van der Waals surface area contributed by atoms with E-state index >= 15 is 0 Å². The van der Waals surface area contributed by atoms with Crippen LogP contribution >= 0.6 is 0 Å². The van der Waals surface area contributed by atoms with Crippen LogP contribution in [0.15, 0.2) is 0 Å². The first-order valence-corrected chi connectivity index (χ1v) is 2.02. The summed E-state index contributed by atoms with van der Waals surface area (Å²) in [5.41, 5.74) is 0. The van der Waals surface area contributed by atoms with E-state index in [1.54, 1.807) is 0 Å². The van der Waals surface area contributed by atoms with Gasteiger partial charge in [0.1, 0.15) is 0 Å². The first-order valence-electron chi connectivity index (χ1n) is 2.02. The predicted octanol–water partition coefficient (Wildman–Crippen LogP) is -2.36. The summed E-state index contributed by atoms with van der Waals surface area (Å²) < 4.78 is 0. The maximum absolute atomic E-state index is 9.50. The van der Waals surface area contributed by atoms with Crippen LogP contribution < -0.4 is 16.4 Å². The fraction of sp³-hybridized carbons (Fsp3) is 0.500. The third-order valence-electron chi connectivity index (χ3n) is 0.533. The third-order valence-corrected chi connectivity index (χ3v) is 0.533. The molecule has 0 fully saturated rings. The largest absolute Gasteiger partial charge is 0.550 e. The minimum atomic E-state index is -1.37. The van der Waals surface area contributed by atoms with Crippen LogP contribution in [0.1, 0.15) is 12.8 Å². The molecule has 0 saturated heterocycles. The van der Waals surface area contributed by atoms with Gasteiger partial charge in [-0.25, -0.2) is 0 Å². The molecule has 0 aromatic rings. The van der Waals surface area contributed by atoms with E-state index in [9.17, 15) is 19.8 Å². The molecule has 0 aromatic carbocycles. The number of carbonyl (C=O) groups is 2. The van der Waals surface area contributed by atoms with E-state index in [0.717, 1.165) is 0 Å². The van der Waals surface area contributed by atoms with Crippen LogP contribution in [-0.2, 0) is 26.4 Å². The molecule has 0 bridgehead atoms. The monoisotopic (exact) mass is 193 g/mol. The van der Waals surface area contributed by atoms with Gasteiger partial charge in [-0.1, -0.05) is 0 Å². The standard InChI is InChI=1S/C4H6O4.Co.H3N/c5-3(6)1-2-4(7)8;;/h1-2H2,(H,5,6)(H,7,8);;1H3/p-1. The van der Waals surface area contributed by atoms with Crippen LogP contribution in [-0.4, -0.2) is 11.9 Å². The van der Waals surface area contributed by atoms with Gasteiger partial charge in [-0.15, -0.1) is 0 Å². The molecule has 0 unspecified atom stereocenters. The Hall–Kier alpha value is -0.594. The van der Waals surface area contributed by atoms with Crippen molar-refractivity contribution in [2.24, 2.45) is 0 Å². The van der Waals surface area contributed by atoms with Crippen molar-refractivity contribution in [3.63, 3.8) is 0 Å². The summed E-state index contributed by atoms with van der Waals surface area (Å²) in [6.45, 7) is 0. The summed E-state index contributed by atoms with van der Waals surface area (Å²) in [6.07, 6.45) is -0.940. The number of carboxylic acid groups (broad SMARTS) is 2. The van der Waals surface area contributed by atoms with Crippen LogP contribution in [0.2, 0.25) is 0 Å². The van der Waals surface area contributed by atoms with Gasteiger partial charge in [0.2, 0.25) is 0 Å². The van der Waals surface area contributed by atoms with Crippen LogP contribution in [0, 0.1) is 0 Å². The van der Waals surface area contributed by atoms with Gasteiger partial charge >= 0.3 is 0 Å². The minimum Gasteiger partial charge on any atom is -0.550 e. The van der Waals surface area contributed by atoms with Gasteiger partial charge in [0.15, 0.2) is 0 Å². The first-order chi connectivity index (χ1) is 3.63. The van der Waals surface area contributed by atoms with Crippen molar-refractivity contribution in [3.05, 3.63) is 0 Å². The number of hydrogen-bond donors (Lipinski definition) is 1. The van der Waals surface area contributed by atoms with Crippen molar-refractivity contribution in [2.75, 3.05) is 0 Å². The molecule has 0 saturated carbocycles. The summed E-state index contributed by atoms with van der Waals surface area (Å²) in [4.78, 5) is 19.0. The Labute approximate surface area is 68.2 Å². The summed E-state index contributed by atoms with van der Waals surface area (Å²) in [5.74, 6) is -2.73. The van der Waals surface area contributed by atoms with Gasteiger partial charge in [0, 0.05) is 28.7 Å². The second-order valence-corrected chi connectivity index (χ2v) is 1.24. The van der Waals surface area contributed by atoms with Crippen molar-refractivity contribution >= 4 is 11.9 Å². The molecule has 0 aliphatic rings. The van der Waals surface area contributed by atoms with Gasteiger partial charge in [-0.05, 0) is 12.8 Å². The Morgan fingerprint density at radius 1 is 1.00 bits per heavy atom. The number of aliphatic carboxylic acids is 2. The number of carbonyl (C=O) groups excluding carboxylic acids is 2. The van der Waals surface area contributed by atoms with Gasteiger partial charge in [-0.3, -0.25) is 0 Å². The topological polar surface area (TPSA) is 117 Å². The van der Waals surface area contributed by atoms with Crippen molar-refractivity contribution < 1.29 is 36.6 Å². The van der Waals surface area contributed by atoms with Crippen molar-refractivity contribution in [1.82, 2.24) is 6.15 Å². The smallest absolute Gasteiger partial charge is 0.0418 e. The fourth-order valence-corrected chi connectivity index (χ4v) is 0.204. The fourth-order valence-electron chi connectivity index (χ4n) is 0.204. The molecule has 0 rings (SSSR count). The van der Waals surface area contributed by atoms with E-state index in [4.69, 9.17) is 0 Å². The van der Waals surface area contributed by atoms with Gasteiger partial charge < -0.3 is 26.0 Å². The molecule has 0 spiro atoms. The SMILES string of the molecule is O=C([O-])CCC(=O)[O-].[Co].[NH4+]. The zero-order chi connectivity index (χ0) is 6.57. The second kappa shape index (κ2) is 8.41. The van der Waals surface area contributed by atoms with E-state index in [1.807, 2.05) is 0 Å². The predicted molar refractivity (Wildman–Crippen MR) is 25.2 cm³/mol. The number of rotatable bonds is 3. The Balaban J connectivity index is -0.000000245. The summed E-state index contributed by atoms with van der Waals surface area (Å²) in [5, 5.41) is 19.0. The van der Waals surface area contributed by atoms with Gasteiger partial charge in [0.25, 0.3) is 0 Å². The molecule has 0 atom stereocenters. The molecular weight excluding hydrogens is 185 g/mol. The van der Waals surface area contributed by atoms with Crippen LogP contribution in [0.5, 0.6) is 0 Å². The molecule has 0 aliphatic heterocycles. The average Bonchev–Trinajstić information content (AvgIpc) is 1.61. The van der Waals surface area contributed by atoms with E-state index in [1.165, 1.54) is 0 Å². The summed E-state index contributed by atoms with van der Waals surface area (Å²) in [6, 6.07) is 0. The molecule has 1 radical (unpaired) electrons. The summed E-state index contributed by atoms with van der Waals surface area (Å²) >= 11 is 0. The molecule has 0 heterocycles. The molecule has 4 N–H and O–H groups in total. The Bertz CT molecular complexity index is 102. The Morgan fingerprint density at radius 2 is 1.20 bits per heavy atom. The average molecular weight is 193 g/mol. The molecule has 0 aromatic heterocycles. The minimum absolute atomic E-state index is 0. The van der Waals surface area contributed by atoms with Gasteiger partial charge in [0.05, 0.1) is 0 Å². The maximum Gasteiger partial charge on any atom is 0.0418 e. The third kappa shape index (κ3) is 15.7. The zero-order valence-electron chi connectivity index (χ0n) is 5.38. The van der Waals surface area contributed by atoms with E-state index in [0.29, 0.717) is 0 Å². The normalized spacial score (nSPS) is 6.80. The Kier molecular flexibility index (Phi) is 13.6. The van der Waals surface area contributed by atoms with E-state index < -0.39 is 24.8 Å². The molecule has 6 heteroatoms. The molecular formula is C4H8CoNO4-. The molecule has 5 nitrogen and oxygen atoms in total. The van der Waals surface area contributed by atoms with E-state index in [-0.39, 0.29) is 22.9 Å². The van der Waals surface area contributed by atoms with Crippen molar-refractivity contribution in [1.29, 1.82) is 0 Å². The van der Waals surface area contributed by atoms with E-state index in [2.05, 4.69) is 0 Å². The molecule has 10 heavy (non-hydrogen) atoms. The second-order valence-electron chi connectivity index (χ2n) is 1.24. The maximum atomic E-state index is 9.50. The van der Waals surface area contributed by atoms with Crippen LogP contribution in [0.4, 0.5) is 0 Å².